The third-order valence-electron chi connectivity index (χ3n) is 4.21. The number of hydrogen-bond donors (Lipinski definition) is 0. The van der Waals surface area contributed by atoms with Crippen LogP contribution in [-0.2, 0) is 0 Å². The van der Waals surface area contributed by atoms with Crippen LogP contribution in [0, 0.1) is 6.92 Å². The average molecular weight is 265 g/mol. The standard InChI is InChI=1S/C15H23NOS/c1-4-16(5-2)15(8-6-7-9-15)14(17)13-10-12(3)18-11-13/h10-11H,4-9H2,1-3H3. The van der Waals surface area contributed by atoms with Crippen molar-refractivity contribution in [3.8, 4) is 0 Å². The van der Waals surface area contributed by atoms with Crippen LogP contribution in [-0.4, -0.2) is 29.3 Å². The molecule has 1 aromatic rings. The second-order valence-corrected chi connectivity index (χ2v) is 6.30. The van der Waals surface area contributed by atoms with E-state index in [-0.39, 0.29) is 5.54 Å². The normalized spacial score (nSPS) is 18.4. The Bertz CT molecular complexity index is 414. The van der Waals surface area contributed by atoms with E-state index in [1.54, 1.807) is 11.3 Å². The zero-order valence-corrected chi connectivity index (χ0v) is 12.5. The molecule has 0 bridgehead atoms. The zero-order valence-electron chi connectivity index (χ0n) is 11.7. The molecule has 0 aliphatic heterocycles. The van der Waals surface area contributed by atoms with E-state index < -0.39 is 0 Å². The van der Waals surface area contributed by atoms with E-state index in [4.69, 9.17) is 0 Å². The van der Waals surface area contributed by atoms with Gasteiger partial charge in [0.05, 0.1) is 5.54 Å². The van der Waals surface area contributed by atoms with Gasteiger partial charge in [0, 0.05) is 15.8 Å². The monoisotopic (exact) mass is 265 g/mol. The molecule has 1 heterocycles. The summed E-state index contributed by atoms with van der Waals surface area (Å²) in [5.74, 6) is 0.355. The number of Topliss-reactive ketones (excluding diaryl/α,β-unsaturated/α-hetero) is 1. The summed E-state index contributed by atoms with van der Waals surface area (Å²) >= 11 is 1.68. The molecule has 0 atom stereocenters. The maximum atomic E-state index is 12.9. The fraction of sp³-hybridized carbons (Fsp3) is 0.667. The molecule has 1 saturated carbocycles. The lowest BCUT2D eigenvalue weighted by Crippen LogP contribution is -2.52. The van der Waals surface area contributed by atoms with E-state index >= 15 is 0 Å². The van der Waals surface area contributed by atoms with E-state index in [9.17, 15) is 4.79 Å². The van der Waals surface area contributed by atoms with Crippen molar-refractivity contribution in [3.63, 3.8) is 0 Å². The summed E-state index contributed by atoms with van der Waals surface area (Å²) in [4.78, 5) is 16.5. The van der Waals surface area contributed by atoms with Crippen molar-refractivity contribution < 1.29 is 4.79 Å². The van der Waals surface area contributed by atoms with E-state index in [1.165, 1.54) is 17.7 Å². The highest BCUT2D eigenvalue weighted by Crippen LogP contribution is 2.38. The van der Waals surface area contributed by atoms with Crippen molar-refractivity contribution in [2.24, 2.45) is 0 Å². The Kier molecular flexibility index (Phi) is 4.23. The number of carbonyl (C=O) groups is 1. The minimum Gasteiger partial charge on any atom is -0.292 e. The van der Waals surface area contributed by atoms with E-state index in [0.29, 0.717) is 5.78 Å². The first-order valence-electron chi connectivity index (χ1n) is 6.99. The Balaban J connectivity index is 2.32. The van der Waals surface area contributed by atoms with Crippen LogP contribution in [0.1, 0.15) is 54.8 Å². The van der Waals surface area contributed by atoms with Gasteiger partial charge in [-0.05, 0) is 38.9 Å². The largest absolute Gasteiger partial charge is 0.292 e. The topological polar surface area (TPSA) is 20.3 Å². The first-order chi connectivity index (χ1) is 8.64. The van der Waals surface area contributed by atoms with Crippen molar-refractivity contribution in [3.05, 3.63) is 21.9 Å². The summed E-state index contributed by atoms with van der Waals surface area (Å²) in [7, 11) is 0. The van der Waals surface area contributed by atoms with Gasteiger partial charge in [-0.25, -0.2) is 0 Å². The van der Waals surface area contributed by atoms with Gasteiger partial charge in [-0.15, -0.1) is 11.3 Å². The molecular formula is C15H23NOS. The van der Waals surface area contributed by atoms with Gasteiger partial charge >= 0.3 is 0 Å². The maximum Gasteiger partial charge on any atom is 0.183 e. The van der Waals surface area contributed by atoms with Crippen molar-refractivity contribution in [1.82, 2.24) is 4.90 Å². The van der Waals surface area contributed by atoms with Crippen LogP contribution in [0.15, 0.2) is 11.4 Å². The van der Waals surface area contributed by atoms with Crippen LogP contribution in [0.4, 0.5) is 0 Å². The molecule has 0 unspecified atom stereocenters. The SMILES string of the molecule is CCN(CC)C1(C(=O)c2csc(C)c2)CCCC1. The molecule has 0 radical (unpaired) electrons. The number of ketones is 1. The molecule has 3 heteroatoms. The van der Waals surface area contributed by atoms with Gasteiger partial charge in [-0.1, -0.05) is 26.7 Å². The summed E-state index contributed by atoms with van der Waals surface area (Å²) in [6, 6.07) is 2.05. The lowest BCUT2D eigenvalue weighted by Gasteiger charge is -2.38. The summed E-state index contributed by atoms with van der Waals surface area (Å²) in [6.07, 6.45) is 4.43. The number of nitrogens with zero attached hydrogens (tertiary/aromatic N) is 1. The van der Waals surface area contributed by atoms with Crippen LogP contribution in [0.3, 0.4) is 0 Å². The molecule has 1 fully saturated rings. The van der Waals surface area contributed by atoms with Gasteiger partial charge in [0.1, 0.15) is 0 Å². The van der Waals surface area contributed by atoms with Crippen molar-refractivity contribution in [2.75, 3.05) is 13.1 Å². The van der Waals surface area contributed by atoms with Gasteiger partial charge in [-0.2, -0.15) is 0 Å². The zero-order chi connectivity index (χ0) is 13.2. The minimum absolute atomic E-state index is 0.211. The summed E-state index contributed by atoms with van der Waals surface area (Å²) in [5, 5.41) is 2.03. The van der Waals surface area contributed by atoms with E-state index in [1.807, 2.05) is 5.38 Å². The van der Waals surface area contributed by atoms with Crippen LogP contribution in [0.25, 0.3) is 0 Å². The molecule has 2 nitrogen and oxygen atoms in total. The molecule has 1 aliphatic carbocycles. The van der Waals surface area contributed by atoms with E-state index in [0.717, 1.165) is 31.5 Å². The van der Waals surface area contributed by atoms with Gasteiger partial charge in [-0.3, -0.25) is 9.69 Å². The van der Waals surface area contributed by atoms with Gasteiger partial charge < -0.3 is 0 Å². The summed E-state index contributed by atoms with van der Waals surface area (Å²) in [6.45, 7) is 8.32. The highest BCUT2D eigenvalue weighted by molar-refractivity contribution is 7.10. The van der Waals surface area contributed by atoms with Crippen LogP contribution in [0.5, 0.6) is 0 Å². The Labute approximate surface area is 114 Å². The molecule has 2 rings (SSSR count). The Morgan fingerprint density at radius 3 is 2.39 bits per heavy atom. The number of carbonyl (C=O) groups excluding carboxylic acids is 1. The van der Waals surface area contributed by atoms with Crippen LogP contribution in [0.2, 0.25) is 0 Å². The Morgan fingerprint density at radius 1 is 1.33 bits per heavy atom. The molecule has 18 heavy (non-hydrogen) atoms. The van der Waals surface area contributed by atoms with Crippen molar-refractivity contribution in [1.29, 1.82) is 0 Å². The number of hydrogen-bond acceptors (Lipinski definition) is 3. The highest BCUT2D eigenvalue weighted by atomic mass is 32.1. The molecule has 100 valence electrons. The minimum atomic E-state index is -0.211. The average Bonchev–Trinajstić information content (AvgIpc) is 3.00. The second kappa shape index (κ2) is 5.54. The lowest BCUT2D eigenvalue weighted by molar-refractivity contribution is 0.0585. The third kappa shape index (κ3) is 2.26. The number of likely N-dealkylation sites (N-methyl/N-ethyl adjacent to an activating group) is 1. The third-order valence-corrected chi connectivity index (χ3v) is 5.08. The molecule has 1 aliphatic rings. The fourth-order valence-electron chi connectivity index (χ4n) is 3.31. The smallest absolute Gasteiger partial charge is 0.183 e. The Hall–Kier alpha value is -0.670. The maximum absolute atomic E-state index is 12.9. The summed E-state index contributed by atoms with van der Waals surface area (Å²) in [5.41, 5.74) is 0.711. The quantitative estimate of drug-likeness (QED) is 0.753. The molecule has 0 spiro atoms. The first kappa shape index (κ1) is 13.8. The number of aryl methyl sites for hydroxylation is 1. The fourth-order valence-corrected chi connectivity index (χ4v) is 3.99. The van der Waals surface area contributed by atoms with Gasteiger partial charge in [0.25, 0.3) is 0 Å². The second-order valence-electron chi connectivity index (χ2n) is 5.19. The highest BCUT2D eigenvalue weighted by Gasteiger charge is 2.45. The van der Waals surface area contributed by atoms with Crippen molar-refractivity contribution >= 4 is 17.1 Å². The Morgan fingerprint density at radius 2 is 1.94 bits per heavy atom. The molecule has 0 saturated heterocycles. The molecule has 0 N–H and O–H groups in total. The number of thiophene rings is 1. The summed E-state index contributed by atoms with van der Waals surface area (Å²) < 4.78 is 0. The predicted octanol–water partition coefficient (Wildman–Crippen LogP) is 3.89. The lowest BCUT2D eigenvalue weighted by atomic mass is 9.86. The molecular weight excluding hydrogens is 242 g/mol. The van der Waals surface area contributed by atoms with Crippen LogP contribution >= 0.6 is 11.3 Å². The predicted molar refractivity (Wildman–Crippen MR) is 77.5 cm³/mol. The van der Waals surface area contributed by atoms with Crippen molar-refractivity contribution in [2.45, 2.75) is 52.0 Å². The number of rotatable bonds is 5. The first-order valence-corrected chi connectivity index (χ1v) is 7.87. The van der Waals surface area contributed by atoms with E-state index in [2.05, 4.69) is 31.7 Å². The van der Waals surface area contributed by atoms with Gasteiger partial charge in [0.2, 0.25) is 0 Å². The molecule has 0 aromatic carbocycles. The van der Waals surface area contributed by atoms with Gasteiger partial charge in [0.15, 0.2) is 5.78 Å². The molecule has 0 amide bonds. The van der Waals surface area contributed by atoms with Crippen LogP contribution < -0.4 is 0 Å². The molecule has 1 aromatic heterocycles.